The number of nitrogens with zero attached hydrogens (tertiary/aromatic N) is 1. The number of hydrogen-bond donors (Lipinski definition) is 1. The molecule has 2 aromatic rings. The number of ether oxygens (including phenoxy) is 2. The Morgan fingerprint density at radius 1 is 1.20 bits per heavy atom. The van der Waals surface area contributed by atoms with Crippen LogP contribution < -0.4 is 5.32 Å². The zero-order chi connectivity index (χ0) is 24.5. The predicted octanol–water partition coefficient (Wildman–Crippen LogP) is 5.24. The highest BCUT2D eigenvalue weighted by atomic mass is 19.1. The molecule has 1 aromatic heterocycles. The molecule has 0 unspecified atom stereocenters. The smallest absolute Gasteiger partial charge is 0.407 e. The Kier molecular flexibility index (Phi) is 6.58. The van der Waals surface area contributed by atoms with Crippen LogP contribution in [0.1, 0.15) is 38.3 Å². The van der Waals surface area contributed by atoms with Gasteiger partial charge in [0.25, 0.3) is 0 Å². The molecule has 0 spiro atoms. The van der Waals surface area contributed by atoms with Crippen molar-refractivity contribution in [3.63, 3.8) is 0 Å². The Morgan fingerprint density at radius 2 is 2.06 bits per heavy atom. The molecule has 2 aliphatic carbocycles. The molecule has 0 radical (unpaired) electrons. The summed E-state index contributed by atoms with van der Waals surface area (Å²) < 4.78 is 24.0. The summed E-state index contributed by atoms with van der Waals surface area (Å²) in [5.74, 6) is 0.628. The lowest BCUT2D eigenvalue weighted by Crippen LogP contribution is -2.48. The van der Waals surface area contributed by atoms with Gasteiger partial charge in [0.05, 0.1) is 18.7 Å². The van der Waals surface area contributed by atoms with E-state index in [-0.39, 0.29) is 41.7 Å². The number of amides is 1. The summed E-state index contributed by atoms with van der Waals surface area (Å²) in [6.07, 6.45) is 9.01. The van der Waals surface area contributed by atoms with Gasteiger partial charge in [0.1, 0.15) is 11.9 Å². The second kappa shape index (κ2) is 9.80. The molecule has 3 fully saturated rings. The van der Waals surface area contributed by atoms with Gasteiger partial charge in [0.15, 0.2) is 0 Å². The van der Waals surface area contributed by atoms with Crippen LogP contribution in [-0.4, -0.2) is 36.3 Å². The van der Waals surface area contributed by atoms with E-state index in [1.807, 2.05) is 31.2 Å². The molecule has 1 N–H and O–H groups in total. The van der Waals surface area contributed by atoms with E-state index < -0.39 is 6.09 Å². The van der Waals surface area contributed by atoms with Gasteiger partial charge in [-0.1, -0.05) is 24.3 Å². The molecule has 1 aliphatic heterocycles. The third-order valence-corrected chi connectivity index (χ3v) is 8.09. The monoisotopic (exact) mass is 478 g/mol. The van der Waals surface area contributed by atoms with Crippen LogP contribution in [0, 0.1) is 35.4 Å². The van der Waals surface area contributed by atoms with E-state index in [9.17, 15) is 14.0 Å². The summed E-state index contributed by atoms with van der Waals surface area (Å²) >= 11 is 0. The summed E-state index contributed by atoms with van der Waals surface area (Å²) in [4.78, 5) is 28.9. The molecule has 2 saturated carbocycles. The van der Waals surface area contributed by atoms with Crippen molar-refractivity contribution in [3.8, 4) is 11.1 Å². The summed E-state index contributed by atoms with van der Waals surface area (Å²) in [5, 5.41) is 2.95. The van der Waals surface area contributed by atoms with Crippen molar-refractivity contribution in [2.75, 3.05) is 7.11 Å². The van der Waals surface area contributed by atoms with Crippen molar-refractivity contribution in [1.29, 1.82) is 0 Å². The van der Waals surface area contributed by atoms with Gasteiger partial charge in [0.2, 0.25) is 0 Å². The maximum Gasteiger partial charge on any atom is 0.407 e. The highest BCUT2D eigenvalue weighted by Gasteiger charge is 2.54. The fourth-order valence-electron chi connectivity index (χ4n) is 6.52. The lowest BCUT2D eigenvalue weighted by atomic mass is 9.57. The highest BCUT2D eigenvalue weighted by molar-refractivity contribution is 5.75. The molecule has 184 valence electrons. The minimum absolute atomic E-state index is 0.0664. The van der Waals surface area contributed by atoms with Gasteiger partial charge in [-0.05, 0) is 80.2 Å². The number of carbonyl (C=O) groups is 2. The van der Waals surface area contributed by atoms with Gasteiger partial charge in [-0.15, -0.1) is 0 Å². The molecule has 2 heterocycles. The maximum atomic E-state index is 13.6. The quantitative estimate of drug-likeness (QED) is 0.608. The molecule has 35 heavy (non-hydrogen) atoms. The first-order valence-corrected chi connectivity index (χ1v) is 12.4. The van der Waals surface area contributed by atoms with Crippen LogP contribution in [0.5, 0.6) is 0 Å². The molecule has 5 rings (SSSR count). The van der Waals surface area contributed by atoms with Gasteiger partial charge in [0, 0.05) is 23.7 Å². The van der Waals surface area contributed by atoms with Crippen molar-refractivity contribution in [2.24, 2.45) is 29.6 Å². The van der Waals surface area contributed by atoms with E-state index in [2.05, 4.69) is 16.4 Å². The fraction of sp³-hybridized carbons (Fsp3) is 0.464. The van der Waals surface area contributed by atoms with Crippen LogP contribution in [-0.2, 0) is 14.3 Å². The Labute approximate surface area is 204 Å². The molecule has 7 heteroatoms. The largest absolute Gasteiger partial charge is 0.462 e. The number of hydrogen-bond acceptors (Lipinski definition) is 5. The van der Waals surface area contributed by atoms with Crippen LogP contribution in [0.25, 0.3) is 17.2 Å². The minimum atomic E-state index is -0.403. The number of cyclic esters (lactones) is 1. The molecule has 3 aliphatic rings. The number of benzene rings is 1. The summed E-state index contributed by atoms with van der Waals surface area (Å²) in [7, 11) is 1.38. The zero-order valence-electron chi connectivity index (χ0n) is 20.0. The van der Waals surface area contributed by atoms with Gasteiger partial charge < -0.3 is 14.8 Å². The number of pyridine rings is 1. The number of halogens is 1. The number of carbonyl (C=O) groups excluding carboxylic acids is 2. The third-order valence-electron chi connectivity index (χ3n) is 8.09. The average Bonchev–Trinajstić information content (AvgIpc) is 3.14. The van der Waals surface area contributed by atoms with Crippen LogP contribution in [0.15, 0.2) is 48.7 Å². The number of nitrogens with one attached hydrogen (secondary N) is 1. The number of rotatable bonds is 4. The maximum absolute atomic E-state index is 13.6. The van der Waals surface area contributed by atoms with E-state index >= 15 is 0 Å². The number of alkyl carbamates (subject to hydrolysis) is 1. The topological polar surface area (TPSA) is 77.5 Å². The van der Waals surface area contributed by atoms with Gasteiger partial charge in [-0.3, -0.25) is 9.78 Å². The lowest BCUT2D eigenvalue weighted by molar-refractivity contribution is -0.144. The third kappa shape index (κ3) is 4.81. The Bertz CT molecular complexity index is 1120. The second-order valence-electron chi connectivity index (χ2n) is 10.0. The number of methoxy groups -OCH3 is 1. The van der Waals surface area contributed by atoms with Crippen LogP contribution in [0.4, 0.5) is 9.18 Å². The van der Waals surface area contributed by atoms with Crippen molar-refractivity contribution >= 4 is 18.1 Å². The predicted molar refractivity (Wildman–Crippen MR) is 129 cm³/mol. The summed E-state index contributed by atoms with van der Waals surface area (Å²) in [5.41, 5.74) is 2.47. The van der Waals surface area contributed by atoms with Crippen LogP contribution >= 0.6 is 0 Å². The highest BCUT2D eigenvalue weighted by Crippen LogP contribution is 2.53. The molecule has 6 nitrogen and oxygen atoms in total. The van der Waals surface area contributed by atoms with E-state index in [0.717, 1.165) is 42.5 Å². The van der Waals surface area contributed by atoms with Crippen molar-refractivity contribution in [3.05, 3.63) is 60.2 Å². The molecule has 1 aromatic carbocycles. The number of aromatic nitrogens is 1. The molecule has 7 atom stereocenters. The molecule has 1 amide bonds. The number of allylic oxidation sites excluding steroid dienone is 1. The first-order valence-electron chi connectivity index (χ1n) is 12.4. The van der Waals surface area contributed by atoms with Gasteiger partial charge >= 0.3 is 12.1 Å². The molecule has 0 bridgehead atoms. The normalized spacial score (nSPS) is 32.0. The van der Waals surface area contributed by atoms with Crippen molar-refractivity contribution in [1.82, 2.24) is 10.3 Å². The average molecular weight is 479 g/mol. The van der Waals surface area contributed by atoms with E-state index in [4.69, 9.17) is 9.47 Å². The lowest BCUT2D eigenvalue weighted by Gasteiger charge is -2.47. The minimum Gasteiger partial charge on any atom is -0.462 e. The van der Waals surface area contributed by atoms with Crippen LogP contribution in [0.3, 0.4) is 0 Å². The van der Waals surface area contributed by atoms with Gasteiger partial charge in [-0.25, -0.2) is 9.18 Å². The van der Waals surface area contributed by atoms with E-state index in [1.165, 1.54) is 19.2 Å². The number of fused-ring (bicyclic) bond motifs is 2. The summed E-state index contributed by atoms with van der Waals surface area (Å²) in [6.45, 7) is 2.00. The first kappa shape index (κ1) is 23.5. The molecular formula is C28H31FN2O4. The Morgan fingerprint density at radius 3 is 2.80 bits per heavy atom. The standard InChI is InChI=1S/C28H31FN2O4/c1-16-26-24(11-8-21-7-6-18(15-30-21)17-4-3-5-20(29)12-17)23-10-9-22(31-28(33)34-2)13-19(23)14-25(26)27(32)35-16/h3-8,11-12,15-16,19,22-26H,9-10,13-14H2,1-2H3,(H,31,33)/t16-,19+,22+,23-,24+,25-,26+/m1/s1. The second-order valence-corrected chi connectivity index (χ2v) is 10.0. The summed E-state index contributed by atoms with van der Waals surface area (Å²) in [6, 6.07) is 10.4. The first-order chi connectivity index (χ1) is 16.9. The fourth-order valence-corrected chi connectivity index (χ4v) is 6.52. The van der Waals surface area contributed by atoms with E-state index in [0.29, 0.717) is 11.8 Å². The SMILES string of the molecule is COC(=O)N[C@H]1CC[C@@H]2[C@@H](C1)C[C@H]1C(=O)O[C@H](C)[C@H]1[C@H]2C=Cc1ccc(-c2cccc(F)c2)cn1. The zero-order valence-corrected chi connectivity index (χ0v) is 20.0. The van der Waals surface area contributed by atoms with Crippen molar-refractivity contribution < 1.29 is 23.5 Å². The number of esters is 1. The Hall–Kier alpha value is -3.22. The Balaban J connectivity index is 1.36. The van der Waals surface area contributed by atoms with Crippen LogP contribution in [0.2, 0.25) is 0 Å². The van der Waals surface area contributed by atoms with Crippen molar-refractivity contribution in [2.45, 2.75) is 44.8 Å². The molecular weight excluding hydrogens is 447 g/mol. The van der Waals surface area contributed by atoms with Gasteiger partial charge in [-0.2, -0.15) is 0 Å². The molecule has 1 saturated heterocycles. The van der Waals surface area contributed by atoms with E-state index in [1.54, 1.807) is 12.3 Å².